The lowest BCUT2D eigenvalue weighted by atomic mass is 10.0. The van der Waals surface area contributed by atoms with Crippen molar-refractivity contribution in [3.05, 3.63) is 35.4 Å². The van der Waals surface area contributed by atoms with Gasteiger partial charge in [-0.2, -0.15) is 0 Å². The van der Waals surface area contributed by atoms with Gasteiger partial charge in [0.2, 0.25) is 0 Å². The lowest BCUT2D eigenvalue weighted by Crippen LogP contribution is -2.23. The van der Waals surface area contributed by atoms with E-state index in [1.54, 1.807) is 0 Å². The quantitative estimate of drug-likeness (QED) is 0.633. The Kier molecular flexibility index (Phi) is 9.31. The maximum atomic E-state index is 5.71. The Balaban J connectivity index is 2.30. The van der Waals surface area contributed by atoms with Crippen molar-refractivity contribution >= 4 is 0 Å². The van der Waals surface area contributed by atoms with Gasteiger partial charge in [0.25, 0.3) is 0 Å². The van der Waals surface area contributed by atoms with Gasteiger partial charge in [-0.1, -0.05) is 51.5 Å². The molecule has 0 aliphatic carbocycles. The second-order valence-corrected chi connectivity index (χ2v) is 5.88. The van der Waals surface area contributed by atoms with Crippen LogP contribution in [0.25, 0.3) is 0 Å². The van der Waals surface area contributed by atoms with Crippen molar-refractivity contribution in [2.24, 2.45) is 5.92 Å². The van der Waals surface area contributed by atoms with E-state index in [1.165, 1.54) is 17.5 Å². The molecule has 3 nitrogen and oxygen atoms in total. The van der Waals surface area contributed by atoms with Crippen LogP contribution in [-0.4, -0.2) is 33.5 Å². The molecule has 1 rings (SSSR count). The first kappa shape index (κ1) is 18.1. The Labute approximate surface area is 130 Å². The molecular weight excluding hydrogens is 262 g/mol. The molecule has 0 aliphatic heterocycles. The maximum absolute atomic E-state index is 5.71. The van der Waals surface area contributed by atoms with Crippen molar-refractivity contribution in [3.8, 4) is 0 Å². The maximum Gasteiger partial charge on any atom is 0.0701 e. The molecule has 1 aromatic rings. The molecule has 3 heteroatoms. The number of likely N-dealkylation sites (N-methyl/N-ethyl adjacent to an activating group) is 1. The number of benzene rings is 1. The second-order valence-electron chi connectivity index (χ2n) is 5.88. The Hall–Kier alpha value is -0.900. The Bertz CT molecular complexity index is 362. The molecule has 0 aliphatic rings. The molecule has 1 aromatic carbocycles. The number of hydrogen-bond donors (Lipinski definition) is 1. The standard InChI is InChI=1S/C18H31NO2/c1-5-6-16-7-9-17(10-8-16)18(19-4)14-21-12-11-20-13-15(2)3/h7-10,15,18-19H,5-6,11-14H2,1-4H3. The fourth-order valence-electron chi connectivity index (χ4n) is 2.19. The van der Waals surface area contributed by atoms with E-state index in [4.69, 9.17) is 9.47 Å². The molecule has 0 amide bonds. The third-order valence-electron chi connectivity index (χ3n) is 3.38. The van der Waals surface area contributed by atoms with Crippen LogP contribution in [0.1, 0.15) is 44.4 Å². The lowest BCUT2D eigenvalue weighted by Gasteiger charge is -2.17. The van der Waals surface area contributed by atoms with Crippen LogP contribution in [0, 0.1) is 5.92 Å². The summed E-state index contributed by atoms with van der Waals surface area (Å²) in [5.74, 6) is 0.580. The minimum absolute atomic E-state index is 0.241. The zero-order valence-electron chi connectivity index (χ0n) is 14.0. The second kappa shape index (κ2) is 10.8. The normalized spacial score (nSPS) is 12.8. The first-order chi connectivity index (χ1) is 10.2. The third-order valence-corrected chi connectivity index (χ3v) is 3.38. The monoisotopic (exact) mass is 293 g/mol. The zero-order valence-corrected chi connectivity index (χ0v) is 14.0. The first-order valence-corrected chi connectivity index (χ1v) is 8.09. The predicted molar refractivity (Wildman–Crippen MR) is 88.7 cm³/mol. The molecule has 0 heterocycles. The van der Waals surface area contributed by atoms with Crippen LogP contribution in [0.3, 0.4) is 0 Å². The molecule has 1 N–H and O–H groups in total. The van der Waals surface area contributed by atoms with Gasteiger partial charge in [0, 0.05) is 6.61 Å². The predicted octanol–water partition coefficient (Wildman–Crippen LogP) is 3.59. The first-order valence-electron chi connectivity index (χ1n) is 8.09. The van der Waals surface area contributed by atoms with Gasteiger partial charge in [0.1, 0.15) is 0 Å². The molecule has 0 spiro atoms. The highest BCUT2D eigenvalue weighted by atomic mass is 16.5. The Morgan fingerprint density at radius 2 is 1.62 bits per heavy atom. The van der Waals surface area contributed by atoms with Crippen LogP contribution in [0.4, 0.5) is 0 Å². The summed E-state index contributed by atoms with van der Waals surface area (Å²) in [5.41, 5.74) is 2.68. The molecule has 120 valence electrons. The van der Waals surface area contributed by atoms with Crippen LogP contribution in [0.5, 0.6) is 0 Å². The largest absolute Gasteiger partial charge is 0.379 e. The van der Waals surface area contributed by atoms with Gasteiger partial charge in [-0.25, -0.2) is 0 Å². The van der Waals surface area contributed by atoms with Gasteiger partial charge in [-0.15, -0.1) is 0 Å². The minimum Gasteiger partial charge on any atom is -0.379 e. The van der Waals surface area contributed by atoms with Crippen molar-refractivity contribution < 1.29 is 9.47 Å². The summed E-state index contributed by atoms with van der Waals surface area (Å²) < 4.78 is 11.2. The molecule has 1 atom stereocenters. The minimum atomic E-state index is 0.241. The van der Waals surface area contributed by atoms with E-state index in [1.807, 2.05) is 7.05 Å². The van der Waals surface area contributed by atoms with E-state index in [0.29, 0.717) is 25.7 Å². The average Bonchev–Trinajstić information content (AvgIpc) is 2.48. The Morgan fingerprint density at radius 1 is 1.00 bits per heavy atom. The van der Waals surface area contributed by atoms with Gasteiger partial charge >= 0.3 is 0 Å². The van der Waals surface area contributed by atoms with Crippen molar-refractivity contribution in [2.45, 2.75) is 39.7 Å². The van der Waals surface area contributed by atoms with E-state index in [0.717, 1.165) is 13.0 Å². The number of ether oxygens (including phenoxy) is 2. The summed E-state index contributed by atoms with van der Waals surface area (Å²) in [5, 5.41) is 3.31. The fraction of sp³-hybridized carbons (Fsp3) is 0.667. The number of aryl methyl sites for hydroxylation is 1. The van der Waals surface area contributed by atoms with E-state index in [2.05, 4.69) is 50.4 Å². The summed E-state index contributed by atoms with van der Waals surface area (Å²) in [4.78, 5) is 0. The smallest absolute Gasteiger partial charge is 0.0701 e. The molecule has 0 saturated heterocycles. The highest BCUT2D eigenvalue weighted by molar-refractivity contribution is 5.25. The molecule has 1 unspecified atom stereocenters. The van der Waals surface area contributed by atoms with Crippen LogP contribution in [0.2, 0.25) is 0 Å². The fourth-order valence-corrected chi connectivity index (χ4v) is 2.19. The zero-order chi connectivity index (χ0) is 15.5. The van der Waals surface area contributed by atoms with Crippen molar-refractivity contribution in [1.82, 2.24) is 5.32 Å². The van der Waals surface area contributed by atoms with Crippen LogP contribution < -0.4 is 5.32 Å². The van der Waals surface area contributed by atoms with E-state index in [-0.39, 0.29) is 6.04 Å². The molecule has 0 fully saturated rings. The van der Waals surface area contributed by atoms with Gasteiger partial charge in [0.05, 0.1) is 25.9 Å². The summed E-state index contributed by atoms with van der Waals surface area (Å²) in [6.45, 7) is 9.31. The Morgan fingerprint density at radius 3 is 2.14 bits per heavy atom. The molecule has 0 saturated carbocycles. The third kappa shape index (κ3) is 7.60. The van der Waals surface area contributed by atoms with Crippen LogP contribution >= 0.6 is 0 Å². The average molecular weight is 293 g/mol. The summed E-state index contributed by atoms with van der Waals surface area (Å²) in [6, 6.07) is 9.07. The molecule has 0 aromatic heterocycles. The summed E-state index contributed by atoms with van der Waals surface area (Å²) in [6.07, 6.45) is 2.34. The topological polar surface area (TPSA) is 30.5 Å². The molecular formula is C18H31NO2. The summed E-state index contributed by atoms with van der Waals surface area (Å²) in [7, 11) is 1.98. The van der Waals surface area contributed by atoms with E-state index >= 15 is 0 Å². The molecule has 21 heavy (non-hydrogen) atoms. The molecule has 0 radical (unpaired) electrons. The summed E-state index contributed by atoms with van der Waals surface area (Å²) >= 11 is 0. The lowest BCUT2D eigenvalue weighted by molar-refractivity contribution is 0.0309. The van der Waals surface area contributed by atoms with Gasteiger partial charge in [0.15, 0.2) is 0 Å². The highest BCUT2D eigenvalue weighted by Crippen LogP contribution is 2.15. The van der Waals surface area contributed by atoms with Crippen molar-refractivity contribution in [2.75, 3.05) is 33.5 Å². The van der Waals surface area contributed by atoms with E-state index < -0.39 is 0 Å². The van der Waals surface area contributed by atoms with Gasteiger partial charge in [-0.05, 0) is 30.5 Å². The number of nitrogens with one attached hydrogen (secondary N) is 1. The highest BCUT2D eigenvalue weighted by Gasteiger charge is 2.09. The number of rotatable bonds is 11. The van der Waals surface area contributed by atoms with Gasteiger partial charge in [-0.3, -0.25) is 0 Å². The van der Waals surface area contributed by atoms with Crippen molar-refractivity contribution in [1.29, 1.82) is 0 Å². The van der Waals surface area contributed by atoms with Crippen LogP contribution in [0.15, 0.2) is 24.3 Å². The van der Waals surface area contributed by atoms with Crippen molar-refractivity contribution in [3.63, 3.8) is 0 Å². The van der Waals surface area contributed by atoms with Gasteiger partial charge < -0.3 is 14.8 Å². The van der Waals surface area contributed by atoms with E-state index in [9.17, 15) is 0 Å². The van der Waals surface area contributed by atoms with Crippen LogP contribution in [-0.2, 0) is 15.9 Å². The molecule has 0 bridgehead atoms. The number of hydrogen-bond acceptors (Lipinski definition) is 3. The SMILES string of the molecule is CCCc1ccc(C(COCCOCC(C)C)NC)cc1.